The molecule has 0 fully saturated rings. The second-order valence-electron chi connectivity index (χ2n) is 3.53. The summed E-state index contributed by atoms with van der Waals surface area (Å²) in [5.74, 6) is 0.886. The van der Waals surface area contributed by atoms with Crippen LogP contribution in [0.1, 0.15) is 23.7 Å². The van der Waals surface area contributed by atoms with Crippen molar-refractivity contribution in [2.75, 3.05) is 7.11 Å². The van der Waals surface area contributed by atoms with E-state index in [-0.39, 0.29) is 6.10 Å². The highest BCUT2D eigenvalue weighted by atomic mass is 32.2. The second kappa shape index (κ2) is 6.14. The molecule has 0 aliphatic rings. The minimum Gasteiger partial charge on any atom is -0.375 e. The van der Waals surface area contributed by atoms with E-state index in [4.69, 9.17) is 4.74 Å². The average Bonchev–Trinajstić information content (AvgIpc) is 2.85. The maximum absolute atomic E-state index is 5.25. The molecule has 0 saturated carbocycles. The van der Waals surface area contributed by atoms with Gasteiger partial charge in [-0.1, -0.05) is 0 Å². The van der Waals surface area contributed by atoms with Crippen LogP contribution in [-0.4, -0.2) is 17.1 Å². The first-order valence-corrected chi connectivity index (χ1v) is 7.16. The summed E-state index contributed by atoms with van der Waals surface area (Å²) in [6.45, 7) is 2.01. The van der Waals surface area contributed by atoms with Crippen LogP contribution in [0.5, 0.6) is 0 Å². The lowest BCUT2D eigenvalue weighted by Crippen LogP contribution is -1.94. The predicted octanol–water partition coefficient (Wildman–Crippen LogP) is 3.54. The second-order valence-corrected chi connectivity index (χ2v) is 5.47. The number of thioether (sulfide) groups is 1. The van der Waals surface area contributed by atoms with Crippen LogP contribution in [0.25, 0.3) is 0 Å². The number of hydrogen-bond acceptors (Lipinski definition) is 5. The van der Waals surface area contributed by atoms with E-state index >= 15 is 0 Å². The summed E-state index contributed by atoms with van der Waals surface area (Å²) in [5.41, 5.74) is 1.11. The summed E-state index contributed by atoms with van der Waals surface area (Å²) >= 11 is 3.43. The van der Waals surface area contributed by atoms with E-state index in [2.05, 4.69) is 15.3 Å². The summed E-state index contributed by atoms with van der Waals surface area (Å²) in [4.78, 5) is 9.77. The Hall–Kier alpha value is -0.910. The van der Waals surface area contributed by atoms with Gasteiger partial charge in [-0.3, -0.25) is 4.98 Å². The first-order chi connectivity index (χ1) is 8.29. The molecule has 0 aromatic carbocycles. The van der Waals surface area contributed by atoms with Gasteiger partial charge in [-0.2, -0.15) is 0 Å². The number of rotatable bonds is 5. The third-order valence-electron chi connectivity index (χ3n) is 2.31. The predicted molar refractivity (Wildman–Crippen MR) is 71.3 cm³/mol. The SMILES string of the molecule is CO[C@@H](C)c1nc(CSc2ccncc2)cs1. The molecule has 17 heavy (non-hydrogen) atoms. The molecule has 2 rings (SSSR count). The Balaban J connectivity index is 1.94. The zero-order valence-electron chi connectivity index (χ0n) is 9.79. The Morgan fingerprint density at radius 3 is 2.88 bits per heavy atom. The highest BCUT2D eigenvalue weighted by Gasteiger charge is 2.09. The van der Waals surface area contributed by atoms with Gasteiger partial charge in [0.15, 0.2) is 0 Å². The van der Waals surface area contributed by atoms with Gasteiger partial charge in [0.2, 0.25) is 0 Å². The third-order valence-corrected chi connectivity index (χ3v) is 4.41. The van der Waals surface area contributed by atoms with Gasteiger partial charge in [-0.05, 0) is 19.1 Å². The van der Waals surface area contributed by atoms with Crippen LogP contribution in [0.15, 0.2) is 34.8 Å². The molecule has 3 nitrogen and oxygen atoms in total. The van der Waals surface area contributed by atoms with E-state index < -0.39 is 0 Å². The lowest BCUT2D eigenvalue weighted by molar-refractivity contribution is 0.119. The molecule has 0 bridgehead atoms. The molecule has 0 unspecified atom stereocenters. The number of ether oxygens (including phenoxy) is 1. The third kappa shape index (κ3) is 3.52. The molecule has 90 valence electrons. The van der Waals surface area contributed by atoms with E-state index in [0.29, 0.717) is 0 Å². The first kappa shape index (κ1) is 12.5. The van der Waals surface area contributed by atoms with Gasteiger partial charge in [-0.15, -0.1) is 23.1 Å². The summed E-state index contributed by atoms with van der Waals surface area (Å²) in [6, 6.07) is 4.02. The van der Waals surface area contributed by atoms with Crippen LogP contribution >= 0.6 is 23.1 Å². The molecule has 2 aromatic rings. The summed E-state index contributed by atoms with van der Waals surface area (Å²) in [6.07, 6.45) is 3.70. The largest absolute Gasteiger partial charge is 0.375 e. The molecule has 2 heterocycles. The van der Waals surface area contributed by atoms with Crippen molar-refractivity contribution in [3.8, 4) is 0 Å². The monoisotopic (exact) mass is 266 g/mol. The highest BCUT2D eigenvalue weighted by molar-refractivity contribution is 7.98. The van der Waals surface area contributed by atoms with Crippen molar-refractivity contribution >= 4 is 23.1 Å². The molecule has 1 atom stereocenters. The summed E-state index contributed by atoms with van der Waals surface area (Å²) in [7, 11) is 1.71. The lowest BCUT2D eigenvalue weighted by Gasteiger charge is -2.03. The van der Waals surface area contributed by atoms with Crippen LogP contribution in [0.2, 0.25) is 0 Å². The number of pyridine rings is 1. The fourth-order valence-corrected chi connectivity index (χ4v) is 3.00. The fraction of sp³-hybridized carbons (Fsp3) is 0.333. The van der Waals surface area contributed by atoms with Crippen molar-refractivity contribution in [2.45, 2.75) is 23.7 Å². The zero-order valence-corrected chi connectivity index (χ0v) is 11.4. The summed E-state index contributed by atoms with van der Waals surface area (Å²) < 4.78 is 5.25. The molecule has 0 saturated heterocycles. The molecular weight excluding hydrogens is 252 g/mol. The molecule has 0 N–H and O–H groups in total. The zero-order chi connectivity index (χ0) is 12.1. The van der Waals surface area contributed by atoms with Gasteiger partial charge in [0.1, 0.15) is 11.1 Å². The maximum Gasteiger partial charge on any atom is 0.122 e. The molecule has 0 amide bonds. The minimum atomic E-state index is 0.0830. The van der Waals surface area contributed by atoms with E-state index in [9.17, 15) is 0 Å². The Morgan fingerprint density at radius 1 is 1.41 bits per heavy atom. The van der Waals surface area contributed by atoms with Crippen molar-refractivity contribution in [1.82, 2.24) is 9.97 Å². The topological polar surface area (TPSA) is 35.0 Å². The quantitative estimate of drug-likeness (QED) is 0.775. The Morgan fingerprint density at radius 2 is 2.18 bits per heavy atom. The van der Waals surface area contributed by atoms with Crippen molar-refractivity contribution in [3.63, 3.8) is 0 Å². The fourth-order valence-electron chi connectivity index (χ4n) is 1.27. The van der Waals surface area contributed by atoms with Crippen LogP contribution < -0.4 is 0 Å². The lowest BCUT2D eigenvalue weighted by atomic mass is 10.4. The number of hydrogen-bond donors (Lipinski definition) is 0. The minimum absolute atomic E-state index is 0.0830. The van der Waals surface area contributed by atoms with Crippen LogP contribution in [0.3, 0.4) is 0 Å². The number of thiazole rings is 1. The van der Waals surface area contributed by atoms with Gasteiger partial charge >= 0.3 is 0 Å². The van der Waals surface area contributed by atoms with E-state index in [0.717, 1.165) is 16.5 Å². The van der Waals surface area contributed by atoms with Gasteiger partial charge in [-0.25, -0.2) is 4.98 Å². The molecule has 0 spiro atoms. The van der Waals surface area contributed by atoms with E-state index in [1.165, 1.54) is 4.90 Å². The Kier molecular flexibility index (Phi) is 4.53. The average molecular weight is 266 g/mol. The Bertz CT molecular complexity index is 459. The molecule has 2 aromatic heterocycles. The summed E-state index contributed by atoms with van der Waals surface area (Å²) in [5, 5.41) is 3.14. The molecule has 0 radical (unpaired) electrons. The number of aromatic nitrogens is 2. The van der Waals surface area contributed by atoms with Crippen LogP contribution in [-0.2, 0) is 10.5 Å². The first-order valence-electron chi connectivity index (χ1n) is 5.29. The maximum atomic E-state index is 5.25. The van der Waals surface area contributed by atoms with E-state index in [1.807, 2.05) is 31.5 Å². The standard InChI is InChI=1S/C12H14N2OS2/c1-9(15-2)12-14-10(8-17-12)7-16-11-3-5-13-6-4-11/h3-6,8-9H,7H2,1-2H3/t9-/m0/s1. The normalized spacial score (nSPS) is 12.6. The van der Waals surface area contributed by atoms with Gasteiger partial charge in [0.25, 0.3) is 0 Å². The molecule has 5 heteroatoms. The van der Waals surface area contributed by atoms with Crippen molar-refractivity contribution < 1.29 is 4.74 Å². The van der Waals surface area contributed by atoms with E-state index in [1.54, 1.807) is 30.2 Å². The van der Waals surface area contributed by atoms with Crippen LogP contribution in [0.4, 0.5) is 0 Å². The molecule has 0 aliphatic heterocycles. The number of methoxy groups -OCH3 is 1. The van der Waals surface area contributed by atoms with Gasteiger partial charge in [0, 0.05) is 35.5 Å². The van der Waals surface area contributed by atoms with Crippen molar-refractivity contribution in [3.05, 3.63) is 40.6 Å². The Labute approximate surface area is 109 Å². The van der Waals surface area contributed by atoms with Crippen LogP contribution in [0, 0.1) is 0 Å². The number of nitrogens with zero attached hydrogens (tertiary/aromatic N) is 2. The van der Waals surface area contributed by atoms with Gasteiger partial charge < -0.3 is 4.74 Å². The smallest absolute Gasteiger partial charge is 0.122 e. The molecular formula is C12H14N2OS2. The van der Waals surface area contributed by atoms with Gasteiger partial charge in [0.05, 0.1) is 5.69 Å². The molecule has 0 aliphatic carbocycles. The van der Waals surface area contributed by atoms with Crippen molar-refractivity contribution in [1.29, 1.82) is 0 Å². The van der Waals surface area contributed by atoms with Crippen molar-refractivity contribution in [2.24, 2.45) is 0 Å². The highest BCUT2D eigenvalue weighted by Crippen LogP contribution is 2.25.